The van der Waals surface area contributed by atoms with Crippen molar-refractivity contribution in [1.82, 2.24) is 4.57 Å². The number of benzene rings is 3. The van der Waals surface area contributed by atoms with Crippen LogP contribution in [0.25, 0.3) is 10.8 Å². The first-order chi connectivity index (χ1) is 15.5. The van der Waals surface area contributed by atoms with Gasteiger partial charge >= 0.3 is 5.97 Å². The van der Waals surface area contributed by atoms with Gasteiger partial charge in [0.05, 0.1) is 11.3 Å². The molecule has 0 radical (unpaired) electrons. The molecule has 0 amide bonds. The largest absolute Gasteiger partial charge is 0.478 e. The molecule has 5 nitrogen and oxygen atoms in total. The fourth-order valence-corrected chi connectivity index (χ4v) is 3.72. The Morgan fingerprint density at radius 1 is 0.938 bits per heavy atom. The van der Waals surface area contributed by atoms with Gasteiger partial charge in [0.2, 0.25) is 0 Å². The fraction of sp³-hybridized carbons (Fsp3) is 0.111. The molecule has 3 aromatic carbocycles. The zero-order valence-electron chi connectivity index (χ0n) is 17.8. The normalized spacial score (nSPS) is 11.4. The number of anilines is 1. The van der Waals surface area contributed by atoms with Crippen LogP contribution in [0, 0.1) is 11.8 Å². The Morgan fingerprint density at radius 2 is 1.66 bits per heavy atom. The van der Waals surface area contributed by atoms with Gasteiger partial charge in [-0.25, -0.2) is 4.79 Å². The van der Waals surface area contributed by atoms with Crippen molar-refractivity contribution in [2.75, 3.05) is 5.32 Å². The molecule has 1 aromatic heterocycles. The molecule has 5 heteroatoms. The van der Waals surface area contributed by atoms with E-state index in [1.54, 1.807) is 41.9 Å². The lowest BCUT2D eigenvalue weighted by atomic mass is 9.99. The molecular formula is C27H22N2O3. The number of carbonyl (C=O) groups is 1. The number of carboxylic acid groups (broad SMARTS) is 1. The predicted molar refractivity (Wildman–Crippen MR) is 127 cm³/mol. The number of aromatic carboxylic acids is 1. The highest BCUT2D eigenvalue weighted by molar-refractivity contribution is 5.94. The molecule has 1 atom stereocenters. The molecule has 1 heterocycles. The van der Waals surface area contributed by atoms with Crippen LogP contribution in [0.1, 0.15) is 40.1 Å². The molecule has 32 heavy (non-hydrogen) atoms. The summed E-state index contributed by atoms with van der Waals surface area (Å²) in [5.41, 5.74) is 2.97. The topological polar surface area (TPSA) is 71.3 Å². The SMILES string of the molecule is CC(Nc1ccccc1C(=O)O)c1cccc2c(=O)n(C)c(C#Cc3ccccc3)cc12. The van der Waals surface area contributed by atoms with Crippen LogP contribution in [0.2, 0.25) is 0 Å². The number of carboxylic acids is 1. The number of hydrogen-bond acceptors (Lipinski definition) is 3. The quantitative estimate of drug-likeness (QED) is 0.463. The molecule has 0 spiro atoms. The molecule has 0 aliphatic heterocycles. The first-order valence-corrected chi connectivity index (χ1v) is 10.2. The summed E-state index contributed by atoms with van der Waals surface area (Å²) in [5, 5.41) is 14.1. The second-order valence-electron chi connectivity index (χ2n) is 7.54. The molecule has 0 aliphatic rings. The average Bonchev–Trinajstić information content (AvgIpc) is 2.81. The summed E-state index contributed by atoms with van der Waals surface area (Å²) in [6.07, 6.45) is 0. The minimum absolute atomic E-state index is 0.125. The van der Waals surface area contributed by atoms with Gasteiger partial charge in [-0.05, 0) is 60.2 Å². The molecular weight excluding hydrogens is 400 g/mol. The summed E-state index contributed by atoms with van der Waals surface area (Å²) < 4.78 is 1.56. The van der Waals surface area contributed by atoms with Gasteiger partial charge < -0.3 is 15.0 Å². The van der Waals surface area contributed by atoms with E-state index in [0.717, 1.165) is 16.5 Å². The lowest BCUT2D eigenvalue weighted by Crippen LogP contribution is -2.20. The minimum Gasteiger partial charge on any atom is -0.478 e. The summed E-state index contributed by atoms with van der Waals surface area (Å²) >= 11 is 0. The van der Waals surface area contributed by atoms with Crippen LogP contribution in [0.4, 0.5) is 5.69 Å². The van der Waals surface area contributed by atoms with Gasteiger partial charge in [-0.15, -0.1) is 0 Å². The molecule has 158 valence electrons. The molecule has 0 bridgehead atoms. The van der Waals surface area contributed by atoms with E-state index in [9.17, 15) is 14.7 Å². The molecule has 0 fully saturated rings. The van der Waals surface area contributed by atoms with Crippen molar-refractivity contribution in [3.05, 3.63) is 112 Å². The summed E-state index contributed by atoms with van der Waals surface area (Å²) in [4.78, 5) is 24.6. The van der Waals surface area contributed by atoms with E-state index in [2.05, 4.69) is 17.2 Å². The van der Waals surface area contributed by atoms with Crippen LogP contribution in [-0.2, 0) is 7.05 Å². The van der Waals surface area contributed by atoms with E-state index in [-0.39, 0.29) is 17.2 Å². The Balaban J connectivity index is 1.79. The smallest absolute Gasteiger partial charge is 0.337 e. The second kappa shape index (κ2) is 8.83. The highest BCUT2D eigenvalue weighted by Gasteiger charge is 2.16. The van der Waals surface area contributed by atoms with Gasteiger partial charge in [0, 0.05) is 29.7 Å². The Labute approximate surface area is 186 Å². The van der Waals surface area contributed by atoms with E-state index in [0.29, 0.717) is 16.8 Å². The van der Waals surface area contributed by atoms with Crippen LogP contribution < -0.4 is 10.9 Å². The van der Waals surface area contributed by atoms with E-state index in [4.69, 9.17) is 0 Å². The maximum atomic E-state index is 13.0. The van der Waals surface area contributed by atoms with Crippen molar-refractivity contribution in [2.45, 2.75) is 13.0 Å². The Hall–Kier alpha value is -4.30. The van der Waals surface area contributed by atoms with E-state index in [1.165, 1.54) is 0 Å². The van der Waals surface area contributed by atoms with Crippen LogP contribution in [0.5, 0.6) is 0 Å². The van der Waals surface area contributed by atoms with Crippen LogP contribution in [0.3, 0.4) is 0 Å². The highest BCUT2D eigenvalue weighted by atomic mass is 16.4. The molecule has 0 saturated carbocycles. The number of nitrogens with zero attached hydrogens (tertiary/aromatic N) is 1. The summed E-state index contributed by atoms with van der Waals surface area (Å²) in [7, 11) is 1.72. The van der Waals surface area contributed by atoms with Gasteiger partial charge in [0.15, 0.2) is 0 Å². The predicted octanol–water partition coefficient (Wildman–Crippen LogP) is 4.81. The van der Waals surface area contributed by atoms with Crippen molar-refractivity contribution in [1.29, 1.82) is 0 Å². The van der Waals surface area contributed by atoms with Crippen molar-refractivity contribution in [3.8, 4) is 11.8 Å². The fourth-order valence-electron chi connectivity index (χ4n) is 3.72. The third-order valence-corrected chi connectivity index (χ3v) is 5.42. The third-order valence-electron chi connectivity index (χ3n) is 5.42. The van der Waals surface area contributed by atoms with Gasteiger partial charge in [-0.2, -0.15) is 0 Å². The maximum Gasteiger partial charge on any atom is 0.337 e. The number of para-hydroxylation sites is 1. The molecule has 4 aromatic rings. The molecule has 0 saturated heterocycles. The van der Waals surface area contributed by atoms with Gasteiger partial charge in [-0.3, -0.25) is 4.79 Å². The lowest BCUT2D eigenvalue weighted by molar-refractivity contribution is 0.0698. The summed E-state index contributed by atoms with van der Waals surface area (Å²) in [5.74, 6) is 5.23. The Morgan fingerprint density at radius 3 is 2.41 bits per heavy atom. The lowest BCUT2D eigenvalue weighted by Gasteiger charge is -2.19. The van der Waals surface area contributed by atoms with Crippen molar-refractivity contribution in [2.24, 2.45) is 7.05 Å². The zero-order chi connectivity index (χ0) is 22.7. The number of nitrogens with one attached hydrogen (secondary N) is 1. The van der Waals surface area contributed by atoms with E-state index < -0.39 is 5.97 Å². The third kappa shape index (κ3) is 4.12. The van der Waals surface area contributed by atoms with Crippen molar-refractivity contribution < 1.29 is 9.90 Å². The summed E-state index contributed by atoms with van der Waals surface area (Å²) in [6.45, 7) is 1.94. The first-order valence-electron chi connectivity index (χ1n) is 10.2. The van der Waals surface area contributed by atoms with E-state index in [1.807, 2.05) is 55.5 Å². The minimum atomic E-state index is -0.995. The monoisotopic (exact) mass is 422 g/mol. The second-order valence-corrected chi connectivity index (χ2v) is 7.54. The molecule has 1 unspecified atom stereocenters. The van der Waals surface area contributed by atoms with Crippen molar-refractivity contribution >= 4 is 22.4 Å². The number of hydrogen-bond donors (Lipinski definition) is 2. The van der Waals surface area contributed by atoms with Crippen LogP contribution in [0.15, 0.2) is 83.7 Å². The Kier molecular flexibility index (Phi) is 5.78. The molecule has 0 aliphatic carbocycles. The highest BCUT2D eigenvalue weighted by Crippen LogP contribution is 2.27. The molecule has 2 N–H and O–H groups in total. The first kappa shape index (κ1) is 21.0. The number of pyridine rings is 1. The van der Waals surface area contributed by atoms with Gasteiger partial charge in [0.25, 0.3) is 5.56 Å². The Bertz CT molecular complexity index is 1430. The van der Waals surface area contributed by atoms with Gasteiger partial charge in [-0.1, -0.05) is 48.4 Å². The van der Waals surface area contributed by atoms with Crippen LogP contribution in [-0.4, -0.2) is 15.6 Å². The van der Waals surface area contributed by atoms with Crippen LogP contribution >= 0.6 is 0 Å². The number of aromatic nitrogens is 1. The van der Waals surface area contributed by atoms with Crippen molar-refractivity contribution in [3.63, 3.8) is 0 Å². The maximum absolute atomic E-state index is 13.0. The average molecular weight is 422 g/mol. The van der Waals surface area contributed by atoms with Gasteiger partial charge in [0.1, 0.15) is 0 Å². The summed E-state index contributed by atoms with van der Waals surface area (Å²) in [6, 6.07) is 23.7. The number of fused-ring (bicyclic) bond motifs is 1. The standard InChI is InChI=1S/C27H22N2O3/c1-18(28-25-14-7-6-11-23(25)27(31)32)21-12-8-13-22-24(21)17-20(29(2)26(22)30)16-15-19-9-4-3-5-10-19/h3-14,17-18,28H,1-2H3,(H,31,32). The number of rotatable bonds is 4. The molecule has 4 rings (SSSR count). The zero-order valence-corrected chi connectivity index (χ0v) is 17.8. The van der Waals surface area contributed by atoms with E-state index >= 15 is 0 Å².